The molecule has 0 spiro atoms. The molecule has 1 fully saturated rings. The molecule has 1 aromatic heterocycles. The van der Waals surface area contributed by atoms with Gasteiger partial charge in [0.15, 0.2) is 0 Å². The highest BCUT2D eigenvalue weighted by Crippen LogP contribution is 2.33. The summed E-state index contributed by atoms with van der Waals surface area (Å²) in [6.07, 6.45) is -1.13. The van der Waals surface area contributed by atoms with Crippen molar-refractivity contribution in [3.63, 3.8) is 0 Å². The van der Waals surface area contributed by atoms with Gasteiger partial charge < -0.3 is 0 Å². The van der Waals surface area contributed by atoms with Crippen LogP contribution in [0, 0.1) is 0 Å². The van der Waals surface area contributed by atoms with E-state index in [1.165, 1.54) is 6.42 Å². The van der Waals surface area contributed by atoms with Crippen molar-refractivity contribution in [1.82, 2.24) is 15.2 Å². The molecule has 4 nitrogen and oxygen atoms in total. The second kappa shape index (κ2) is 4.54. The van der Waals surface area contributed by atoms with Crippen LogP contribution in [0.4, 0.5) is 18.3 Å². The summed E-state index contributed by atoms with van der Waals surface area (Å²) in [5, 5.41) is 7.75. The Morgan fingerprint density at radius 1 is 1.12 bits per heavy atom. The highest BCUT2D eigenvalue weighted by atomic mass is 32.1. The first-order valence-electron chi connectivity index (χ1n) is 4.98. The molecule has 0 aliphatic carbocycles. The van der Waals surface area contributed by atoms with E-state index in [9.17, 15) is 13.2 Å². The van der Waals surface area contributed by atoms with Crippen molar-refractivity contribution in [2.75, 3.05) is 18.5 Å². The number of nitrogens with one attached hydrogen (secondary N) is 1. The van der Waals surface area contributed by atoms with Crippen LogP contribution in [0.2, 0.25) is 0 Å². The van der Waals surface area contributed by atoms with Crippen LogP contribution in [-0.2, 0) is 6.18 Å². The number of piperidine rings is 1. The van der Waals surface area contributed by atoms with Crippen LogP contribution in [-0.4, -0.2) is 28.3 Å². The molecular formula is C8H11F3N4S. The van der Waals surface area contributed by atoms with E-state index >= 15 is 0 Å². The van der Waals surface area contributed by atoms with Crippen LogP contribution >= 0.6 is 11.3 Å². The summed E-state index contributed by atoms with van der Waals surface area (Å²) in [4.78, 5) is 0. The fourth-order valence-electron chi connectivity index (χ4n) is 1.52. The summed E-state index contributed by atoms with van der Waals surface area (Å²) < 4.78 is 36.7. The quantitative estimate of drug-likeness (QED) is 0.877. The maximum atomic E-state index is 12.2. The number of hydrazine groups is 1. The standard InChI is InChI=1S/C8H11F3N4S/c9-8(10,11)6-12-13-7(16-6)14-15-4-2-1-3-5-15/h1-5H2,(H,13,14). The lowest BCUT2D eigenvalue weighted by atomic mass is 10.2. The SMILES string of the molecule is FC(F)(F)c1nnc(NN2CCCCC2)s1. The zero-order chi connectivity index (χ0) is 11.6. The number of hydrogen-bond acceptors (Lipinski definition) is 5. The average molecular weight is 252 g/mol. The Morgan fingerprint density at radius 2 is 1.81 bits per heavy atom. The van der Waals surface area contributed by atoms with Crippen molar-refractivity contribution < 1.29 is 13.2 Å². The Labute approximate surface area is 94.4 Å². The Kier molecular flexibility index (Phi) is 3.29. The van der Waals surface area contributed by atoms with Gasteiger partial charge in [-0.1, -0.05) is 17.8 Å². The maximum Gasteiger partial charge on any atom is 0.445 e. The maximum absolute atomic E-state index is 12.2. The highest BCUT2D eigenvalue weighted by Gasteiger charge is 2.35. The lowest BCUT2D eigenvalue weighted by molar-refractivity contribution is -0.138. The molecule has 0 unspecified atom stereocenters. The zero-order valence-corrected chi connectivity index (χ0v) is 9.24. The van der Waals surface area contributed by atoms with Gasteiger partial charge in [0.2, 0.25) is 10.1 Å². The lowest BCUT2D eigenvalue weighted by Crippen LogP contribution is -2.34. The van der Waals surface area contributed by atoms with Gasteiger partial charge in [-0.25, -0.2) is 5.01 Å². The molecule has 0 saturated carbocycles. The number of anilines is 1. The summed E-state index contributed by atoms with van der Waals surface area (Å²) in [5.74, 6) is 0. The minimum absolute atomic E-state index is 0.203. The van der Waals surface area contributed by atoms with E-state index in [4.69, 9.17) is 0 Å². The van der Waals surface area contributed by atoms with Gasteiger partial charge >= 0.3 is 6.18 Å². The average Bonchev–Trinajstić information content (AvgIpc) is 2.67. The largest absolute Gasteiger partial charge is 0.445 e. The minimum Gasteiger partial charge on any atom is -0.293 e. The smallest absolute Gasteiger partial charge is 0.293 e. The molecule has 1 saturated heterocycles. The van der Waals surface area contributed by atoms with Crippen molar-refractivity contribution >= 4 is 16.5 Å². The summed E-state index contributed by atoms with van der Waals surface area (Å²) in [6, 6.07) is 0. The van der Waals surface area contributed by atoms with Gasteiger partial charge in [-0.3, -0.25) is 5.43 Å². The van der Waals surface area contributed by atoms with Crippen molar-refractivity contribution in [3.8, 4) is 0 Å². The third-order valence-corrected chi connectivity index (χ3v) is 3.15. The molecule has 1 aromatic rings. The molecule has 2 rings (SSSR count). The fourth-order valence-corrected chi connectivity index (χ4v) is 2.16. The molecule has 0 aromatic carbocycles. The number of nitrogens with zero attached hydrogens (tertiary/aromatic N) is 3. The number of hydrogen-bond donors (Lipinski definition) is 1. The van der Waals surface area contributed by atoms with E-state index in [-0.39, 0.29) is 5.13 Å². The van der Waals surface area contributed by atoms with Crippen LogP contribution < -0.4 is 5.43 Å². The van der Waals surface area contributed by atoms with E-state index in [1.54, 1.807) is 0 Å². The van der Waals surface area contributed by atoms with Crippen LogP contribution in [0.3, 0.4) is 0 Å². The van der Waals surface area contributed by atoms with Crippen LogP contribution in [0.1, 0.15) is 24.3 Å². The molecule has 1 aliphatic rings. The third kappa shape index (κ3) is 2.82. The number of alkyl halides is 3. The van der Waals surface area contributed by atoms with Gasteiger partial charge in [-0.2, -0.15) is 13.2 Å². The number of halogens is 3. The Balaban J connectivity index is 1.97. The zero-order valence-electron chi connectivity index (χ0n) is 8.42. The van der Waals surface area contributed by atoms with E-state index < -0.39 is 11.2 Å². The Hall–Kier alpha value is -0.890. The first-order chi connectivity index (χ1) is 7.55. The summed E-state index contributed by atoms with van der Waals surface area (Å²) in [6.45, 7) is 1.67. The van der Waals surface area contributed by atoms with Gasteiger partial charge in [0, 0.05) is 13.1 Å². The summed E-state index contributed by atoms with van der Waals surface area (Å²) in [7, 11) is 0. The van der Waals surface area contributed by atoms with E-state index in [1.807, 2.05) is 5.01 Å². The molecule has 0 amide bonds. The second-order valence-electron chi connectivity index (χ2n) is 3.57. The monoisotopic (exact) mass is 252 g/mol. The van der Waals surface area contributed by atoms with Gasteiger partial charge in [0.25, 0.3) is 0 Å². The van der Waals surface area contributed by atoms with Crippen LogP contribution in [0.15, 0.2) is 0 Å². The molecule has 0 atom stereocenters. The van der Waals surface area contributed by atoms with Gasteiger partial charge in [0.05, 0.1) is 0 Å². The van der Waals surface area contributed by atoms with Crippen molar-refractivity contribution in [1.29, 1.82) is 0 Å². The topological polar surface area (TPSA) is 41.1 Å². The van der Waals surface area contributed by atoms with E-state index in [0.717, 1.165) is 25.9 Å². The molecule has 90 valence electrons. The minimum atomic E-state index is -4.40. The van der Waals surface area contributed by atoms with Crippen molar-refractivity contribution in [3.05, 3.63) is 5.01 Å². The molecule has 0 radical (unpaired) electrons. The summed E-state index contributed by atoms with van der Waals surface area (Å²) in [5.41, 5.74) is 2.85. The second-order valence-corrected chi connectivity index (χ2v) is 4.55. The molecular weight excluding hydrogens is 241 g/mol. The predicted molar refractivity (Wildman–Crippen MR) is 54.0 cm³/mol. The summed E-state index contributed by atoms with van der Waals surface area (Å²) >= 11 is 0.533. The molecule has 2 heterocycles. The molecule has 1 N–H and O–H groups in total. The number of rotatable bonds is 2. The van der Waals surface area contributed by atoms with Gasteiger partial charge in [-0.05, 0) is 12.8 Å². The van der Waals surface area contributed by atoms with Crippen LogP contribution in [0.25, 0.3) is 0 Å². The van der Waals surface area contributed by atoms with Crippen molar-refractivity contribution in [2.24, 2.45) is 0 Å². The first-order valence-corrected chi connectivity index (χ1v) is 5.79. The van der Waals surface area contributed by atoms with Gasteiger partial charge in [-0.15, -0.1) is 10.2 Å². The number of aromatic nitrogens is 2. The molecule has 8 heteroatoms. The van der Waals surface area contributed by atoms with E-state index in [2.05, 4.69) is 15.6 Å². The van der Waals surface area contributed by atoms with Gasteiger partial charge in [0.1, 0.15) is 0 Å². The molecule has 16 heavy (non-hydrogen) atoms. The third-order valence-electron chi connectivity index (χ3n) is 2.28. The van der Waals surface area contributed by atoms with Crippen molar-refractivity contribution in [2.45, 2.75) is 25.4 Å². The van der Waals surface area contributed by atoms with Crippen LogP contribution in [0.5, 0.6) is 0 Å². The normalized spacial score (nSPS) is 18.7. The van der Waals surface area contributed by atoms with E-state index in [0.29, 0.717) is 11.3 Å². The molecule has 0 bridgehead atoms. The fraction of sp³-hybridized carbons (Fsp3) is 0.750. The first kappa shape index (κ1) is 11.6. The Morgan fingerprint density at radius 3 is 2.38 bits per heavy atom. The Bertz CT molecular complexity index is 345. The predicted octanol–water partition coefficient (Wildman–Crippen LogP) is 2.37. The lowest BCUT2D eigenvalue weighted by Gasteiger charge is -2.26. The molecule has 1 aliphatic heterocycles. The highest BCUT2D eigenvalue weighted by molar-refractivity contribution is 7.15.